The Hall–Kier alpha value is -0.640. The van der Waals surface area contributed by atoms with Crippen molar-refractivity contribution in [3.8, 4) is 0 Å². The fourth-order valence-electron chi connectivity index (χ4n) is 0.213. The maximum absolute atomic E-state index is 10.3. The van der Waals surface area contributed by atoms with Crippen LogP contribution >= 0.6 is 8.25 Å². The van der Waals surface area contributed by atoms with Crippen LogP contribution in [0.15, 0.2) is 12.2 Å². The van der Waals surface area contributed by atoms with Gasteiger partial charge in [0.15, 0.2) is 0 Å². The topological polar surface area (TPSA) is 86.6 Å². The van der Waals surface area contributed by atoms with Gasteiger partial charge in [-0.3, -0.25) is 9.36 Å². The van der Waals surface area contributed by atoms with Crippen LogP contribution in [-0.4, -0.2) is 22.7 Å². The molecule has 11 heavy (non-hydrogen) atoms. The molecular formula is C5H12NO4P. The first-order valence-electron chi connectivity index (χ1n) is 2.71. The van der Waals surface area contributed by atoms with Crippen LogP contribution in [0.25, 0.3) is 0 Å². The minimum Gasteiger partial charge on any atom is -0.355 e. The summed E-state index contributed by atoms with van der Waals surface area (Å²) < 4.78 is 8.74. The molecule has 0 bridgehead atoms. The Labute approximate surface area is 65.7 Å². The molecule has 0 unspecified atom stereocenters. The molecule has 0 aromatic carbocycles. The van der Waals surface area contributed by atoms with Crippen LogP contribution in [0.1, 0.15) is 6.92 Å². The predicted molar refractivity (Wildman–Crippen MR) is 42.3 cm³/mol. The van der Waals surface area contributed by atoms with Gasteiger partial charge < -0.3 is 15.1 Å². The van der Waals surface area contributed by atoms with Crippen molar-refractivity contribution in [2.45, 2.75) is 6.92 Å². The molecule has 5 nitrogen and oxygen atoms in total. The van der Waals surface area contributed by atoms with Gasteiger partial charge in [0.1, 0.15) is 0 Å². The predicted octanol–water partition coefficient (Wildman–Crippen LogP) is -0.331. The molecule has 0 heterocycles. The Balaban J connectivity index is 0. The lowest BCUT2D eigenvalue weighted by Gasteiger charge is -1.91. The maximum atomic E-state index is 10.3. The Morgan fingerprint density at radius 2 is 1.82 bits per heavy atom. The molecule has 1 amide bonds. The van der Waals surface area contributed by atoms with Gasteiger partial charge in [0.2, 0.25) is 5.91 Å². The molecule has 0 aliphatic rings. The van der Waals surface area contributed by atoms with Crippen molar-refractivity contribution in [3.05, 3.63) is 12.2 Å². The van der Waals surface area contributed by atoms with Crippen molar-refractivity contribution in [2.75, 3.05) is 7.05 Å². The van der Waals surface area contributed by atoms with Gasteiger partial charge in [0.25, 0.3) is 0 Å². The molecule has 3 N–H and O–H groups in total. The second kappa shape index (κ2) is 7.47. The highest BCUT2D eigenvalue weighted by atomic mass is 31.1. The van der Waals surface area contributed by atoms with E-state index in [0.717, 1.165) is 0 Å². The molecule has 6 heteroatoms. The molecule has 0 aliphatic carbocycles. The first kappa shape index (κ1) is 13.0. The SMILES string of the molecule is C=C(C)C(=O)NC.O=[PH](O)O. The van der Waals surface area contributed by atoms with Crippen molar-refractivity contribution in [2.24, 2.45) is 0 Å². The normalized spacial score (nSPS) is 8.09. The van der Waals surface area contributed by atoms with E-state index < -0.39 is 8.25 Å². The number of hydrogen-bond acceptors (Lipinski definition) is 2. The first-order valence-corrected chi connectivity index (χ1v) is 4.01. The zero-order valence-corrected chi connectivity index (χ0v) is 7.42. The van der Waals surface area contributed by atoms with E-state index in [-0.39, 0.29) is 5.91 Å². The Kier molecular flexibility index (Phi) is 8.82. The highest BCUT2D eigenvalue weighted by Crippen LogP contribution is 1.98. The maximum Gasteiger partial charge on any atom is 0.314 e. The zero-order valence-electron chi connectivity index (χ0n) is 6.42. The molecule has 0 spiro atoms. The van der Waals surface area contributed by atoms with E-state index in [9.17, 15) is 4.79 Å². The fourth-order valence-corrected chi connectivity index (χ4v) is 0.213. The number of hydrogen-bond donors (Lipinski definition) is 3. The fraction of sp³-hybridized carbons (Fsp3) is 0.400. The Morgan fingerprint density at radius 3 is 1.82 bits per heavy atom. The molecule has 0 aromatic heterocycles. The third kappa shape index (κ3) is 17.6. The molecule has 0 aliphatic heterocycles. The van der Waals surface area contributed by atoms with Crippen molar-refractivity contribution < 1.29 is 19.1 Å². The minimum absolute atomic E-state index is 0.0972. The number of nitrogens with one attached hydrogen (secondary N) is 1. The van der Waals surface area contributed by atoms with Gasteiger partial charge in [0.05, 0.1) is 0 Å². The summed E-state index contributed by atoms with van der Waals surface area (Å²) in [5.74, 6) is -0.0972. The van der Waals surface area contributed by atoms with E-state index in [0.29, 0.717) is 5.57 Å². The average molecular weight is 181 g/mol. The van der Waals surface area contributed by atoms with E-state index in [4.69, 9.17) is 14.4 Å². The lowest BCUT2D eigenvalue weighted by molar-refractivity contribution is -0.116. The summed E-state index contributed by atoms with van der Waals surface area (Å²) in [7, 11) is -1.55. The Morgan fingerprint density at radius 1 is 1.55 bits per heavy atom. The molecule has 0 fully saturated rings. The molecule has 0 radical (unpaired) electrons. The van der Waals surface area contributed by atoms with Gasteiger partial charge in [-0.2, -0.15) is 0 Å². The standard InChI is InChI=1S/C5H9NO.H3O3P/c1-4(2)5(7)6-3;1-4(2)3/h1H2,2-3H3,(H,6,7);4H,(H2,1,2,3). The minimum atomic E-state index is -3.13. The van der Waals surface area contributed by atoms with Crippen LogP contribution in [0.2, 0.25) is 0 Å². The van der Waals surface area contributed by atoms with Crippen LogP contribution in [0.4, 0.5) is 0 Å². The summed E-state index contributed by atoms with van der Waals surface area (Å²) in [5, 5.41) is 2.43. The van der Waals surface area contributed by atoms with Crippen molar-refractivity contribution in [3.63, 3.8) is 0 Å². The van der Waals surface area contributed by atoms with Gasteiger partial charge in [-0.1, -0.05) is 6.58 Å². The van der Waals surface area contributed by atoms with Gasteiger partial charge in [-0.25, -0.2) is 0 Å². The summed E-state index contributed by atoms with van der Waals surface area (Å²) in [6, 6.07) is 0. The zero-order chi connectivity index (χ0) is 9.44. The van der Waals surface area contributed by atoms with Crippen molar-refractivity contribution in [1.29, 1.82) is 0 Å². The molecular weight excluding hydrogens is 169 g/mol. The van der Waals surface area contributed by atoms with E-state index in [2.05, 4.69) is 11.9 Å². The van der Waals surface area contributed by atoms with Crippen molar-refractivity contribution >= 4 is 14.2 Å². The summed E-state index contributed by atoms with van der Waals surface area (Å²) in [6.45, 7) is 5.08. The van der Waals surface area contributed by atoms with E-state index in [1.165, 1.54) is 0 Å². The molecule has 0 atom stereocenters. The number of amides is 1. The third-order valence-electron chi connectivity index (χ3n) is 0.615. The highest BCUT2D eigenvalue weighted by molar-refractivity contribution is 7.30. The number of carbonyl (C=O) groups excluding carboxylic acids is 1. The van der Waals surface area contributed by atoms with Crippen LogP contribution in [-0.2, 0) is 9.36 Å². The first-order chi connectivity index (χ1) is 4.91. The number of rotatable bonds is 1. The summed E-state index contributed by atoms with van der Waals surface area (Å²) in [6.07, 6.45) is 0. The lowest BCUT2D eigenvalue weighted by atomic mass is 10.3. The summed E-state index contributed by atoms with van der Waals surface area (Å²) >= 11 is 0. The number of carbonyl (C=O) groups is 1. The summed E-state index contributed by atoms with van der Waals surface area (Å²) in [4.78, 5) is 24.6. The molecule has 0 saturated heterocycles. The van der Waals surface area contributed by atoms with Crippen LogP contribution in [0, 0.1) is 0 Å². The van der Waals surface area contributed by atoms with Gasteiger partial charge in [-0.05, 0) is 6.92 Å². The molecule has 66 valence electrons. The highest BCUT2D eigenvalue weighted by Gasteiger charge is 1.92. The number of likely N-dealkylation sites (N-methyl/N-ethyl adjacent to an activating group) is 1. The third-order valence-corrected chi connectivity index (χ3v) is 0.615. The van der Waals surface area contributed by atoms with Crippen LogP contribution in [0.3, 0.4) is 0 Å². The Bertz CT molecular complexity index is 164. The van der Waals surface area contributed by atoms with Gasteiger partial charge in [0, 0.05) is 12.6 Å². The molecule has 0 rings (SSSR count). The van der Waals surface area contributed by atoms with Crippen molar-refractivity contribution in [1.82, 2.24) is 5.32 Å². The lowest BCUT2D eigenvalue weighted by Crippen LogP contribution is -2.17. The average Bonchev–Trinajstić information content (AvgIpc) is 1.85. The second-order valence-corrected chi connectivity index (χ2v) is 2.21. The smallest absolute Gasteiger partial charge is 0.314 e. The van der Waals surface area contributed by atoms with E-state index in [1.54, 1.807) is 14.0 Å². The quantitative estimate of drug-likeness (QED) is 0.382. The van der Waals surface area contributed by atoms with Gasteiger partial charge >= 0.3 is 8.25 Å². The van der Waals surface area contributed by atoms with Gasteiger partial charge in [-0.15, -0.1) is 0 Å². The largest absolute Gasteiger partial charge is 0.355 e. The molecule has 0 saturated carbocycles. The van der Waals surface area contributed by atoms with E-state index in [1.807, 2.05) is 0 Å². The molecule has 0 aromatic rings. The second-order valence-electron chi connectivity index (χ2n) is 1.64. The van der Waals surface area contributed by atoms with E-state index >= 15 is 0 Å². The monoisotopic (exact) mass is 181 g/mol. The summed E-state index contributed by atoms with van der Waals surface area (Å²) in [5.41, 5.74) is 0.544. The van der Waals surface area contributed by atoms with Crippen LogP contribution < -0.4 is 5.32 Å². The van der Waals surface area contributed by atoms with Crippen LogP contribution in [0.5, 0.6) is 0 Å².